The minimum Gasteiger partial charge on any atom is -0.324 e. The lowest BCUT2D eigenvalue weighted by atomic mass is 10.1. The number of aromatic nitrogens is 2. The summed E-state index contributed by atoms with van der Waals surface area (Å²) in [5, 5.41) is 6.80. The van der Waals surface area contributed by atoms with E-state index in [2.05, 4.69) is 20.6 Å². The van der Waals surface area contributed by atoms with Gasteiger partial charge in [-0.15, -0.1) is 0 Å². The first-order valence-corrected chi connectivity index (χ1v) is 10.3. The zero-order chi connectivity index (χ0) is 21.1. The molecule has 0 aliphatic rings. The van der Waals surface area contributed by atoms with E-state index in [0.717, 1.165) is 26.9 Å². The van der Waals surface area contributed by atoms with E-state index in [1.165, 1.54) is 18.3 Å². The van der Waals surface area contributed by atoms with Crippen LogP contribution in [-0.4, -0.2) is 21.8 Å². The maximum atomic E-state index is 12.4. The summed E-state index contributed by atoms with van der Waals surface area (Å²) in [6.07, 6.45) is 3.61. The van der Waals surface area contributed by atoms with Crippen LogP contribution in [0.25, 0.3) is 21.3 Å². The van der Waals surface area contributed by atoms with Crippen molar-refractivity contribution >= 4 is 55.8 Å². The van der Waals surface area contributed by atoms with Crippen molar-refractivity contribution in [2.24, 2.45) is 0 Å². The van der Waals surface area contributed by atoms with Crippen LogP contribution in [-0.2, 0) is 16.0 Å². The number of nitrogens with one attached hydrogen (secondary N) is 2. The summed E-state index contributed by atoms with van der Waals surface area (Å²) >= 11 is 7.29. The van der Waals surface area contributed by atoms with Gasteiger partial charge in [0.1, 0.15) is 0 Å². The molecule has 0 fully saturated rings. The molecule has 4 aromatic rings. The Morgan fingerprint density at radius 3 is 2.57 bits per heavy atom. The molecular formula is C22H17ClN4O2S. The van der Waals surface area contributed by atoms with Gasteiger partial charge in [-0.1, -0.05) is 41.1 Å². The molecule has 0 bridgehead atoms. The molecule has 0 aliphatic carbocycles. The molecule has 2 amide bonds. The highest BCUT2D eigenvalue weighted by Crippen LogP contribution is 2.31. The highest BCUT2D eigenvalue weighted by molar-refractivity contribution is 7.22. The third-order valence-corrected chi connectivity index (χ3v) is 5.49. The number of carbonyl (C=O) groups is 2. The van der Waals surface area contributed by atoms with E-state index >= 15 is 0 Å². The van der Waals surface area contributed by atoms with Gasteiger partial charge in [0.2, 0.25) is 11.8 Å². The van der Waals surface area contributed by atoms with Crippen LogP contribution in [0.3, 0.4) is 0 Å². The first kappa shape index (κ1) is 20.0. The lowest BCUT2D eigenvalue weighted by molar-refractivity contribution is -0.116. The minimum atomic E-state index is -0.152. The Bertz CT molecular complexity index is 1240. The summed E-state index contributed by atoms with van der Waals surface area (Å²) in [7, 11) is 0. The van der Waals surface area contributed by atoms with Gasteiger partial charge in [0.05, 0.1) is 28.5 Å². The molecule has 0 spiro atoms. The summed E-state index contributed by atoms with van der Waals surface area (Å²) < 4.78 is 0.952. The zero-order valence-electron chi connectivity index (χ0n) is 16.0. The van der Waals surface area contributed by atoms with Crippen molar-refractivity contribution in [2.45, 2.75) is 13.3 Å². The highest BCUT2D eigenvalue weighted by atomic mass is 35.5. The fourth-order valence-corrected chi connectivity index (χ4v) is 4.04. The van der Waals surface area contributed by atoms with Crippen LogP contribution >= 0.6 is 22.9 Å². The Morgan fingerprint density at radius 2 is 1.80 bits per heavy atom. The predicted octanol–water partition coefficient (Wildman–Crippen LogP) is 5.15. The first-order valence-electron chi connectivity index (χ1n) is 9.14. The molecule has 6 nitrogen and oxygen atoms in total. The normalized spacial score (nSPS) is 10.7. The second-order valence-corrected chi connectivity index (χ2v) is 8.16. The summed E-state index contributed by atoms with van der Waals surface area (Å²) in [5.74, 6) is -0.283. The minimum absolute atomic E-state index is 0.130. The molecule has 2 N–H and O–H groups in total. The number of halogens is 1. The number of benzene rings is 2. The number of pyridine rings is 1. The summed E-state index contributed by atoms with van der Waals surface area (Å²) in [4.78, 5) is 32.3. The number of anilines is 2. The van der Waals surface area contributed by atoms with Gasteiger partial charge in [0.15, 0.2) is 5.13 Å². The summed E-state index contributed by atoms with van der Waals surface area (Å²) in [5.41, 5.74) is 4.13. The van der Waals surface area contributed by atoms with Crippen LogP contribution in [0.1, 0.15) is 12.5 Å². The van der Waals surface area contributed by atoms with E-state index in [0.29, 0.717) is 15.8 Å². The lowest BCUT2D eigenvalue weighted by Gasteiger charge is -2.08. The maximum Gasteiger partial charge on any atom is 0.228 e. The molecule has 0 radical (unpaired) electrons. The van der Waals surface area contributed by atoms with Crippen molar-refractivity contribution < 1.29 is 9.59 Å². The van der Waals surface area contributed by atoms with E-state index < -0.39 is 0 Å². The smallest absolute Gasteiger partial charge is 0.228 e. The molecule has 0 unspecified atom stereocenters. The van der Waals surface area contributed by atoms with Gasteiger partial charge in [-0.05, 0) is 41.5 Å². The molecule has 2 aromatic carbocycles. The van der Waals surface area contributed by atoms with E-state index in [9.17, 15) is 9.59 Å². The van der Waals surface area contributed by atoms with Crippen molar-refractivity contribution in [1.29, 1.82) is 0 Å². The zero-order valence-corrected chi connectivity index (χ0v) is 17.6. The van der Waals surface area contributed by atoms with E-state index in [1.54, 1.807) is 24.5 Å². The van der Waals surface area contributed by atoms with E-state index in [1.807, 2.05) is 36.4 Å². The van der Waals surface area contributed by atoms with Gasteiger partial charge in [0.25, 0.3) is 0 Å². The Kier molecular flexibility index (Phi) is 5.74. The Morgan fingerprint density at radius 1 is 1.00 bits per heavy atom. The number of carbonyl (C=O) groups excluding carboxylic acids is 2. The van der Waals surface area contributed by atoms with Crippen LogP contribution in [0.4, 0.5) is 10.8 Å². The topological polar surface area (TPSA) is 84.0 Å². The maximum absolute atomic E-state index is 12.4. The molecule has 30 heavy (non-hydrogen) atoms. The fraction of sp³-hybridized carbons (Fsp3) is 0.0909. The van der Waals surface area contributed by atoms with Gasteiger partial charge in [-0.2, -0.15) is 0 Å². The second kappa shape index (κ2) is 8.61. The molecule has 4 rings (SSSR count). The SMILES string of the molecule is CC(=O)Nc1nc2ccc(-c3cncc(NC(=O)Cc4ccc(Cl)cc4)c3)cc2s1. The molecule has 0 saturated heterocycles. The number of hydrogen-bond donors (Lipinski definition) is 2. The predicted molar refractivity (Wildman–Crippen MR) is 121 cm³/mol. The Hall–Kier alpha value is -3.29. The van der Waals surface area contributed by atoms with Crippen LogP contribution in [0.5, 0.6) is 0 Å². The number of fused-ring (bicyclic) bond motifs is 1. The van der Waals surface area contributed by atoms with Crippen molar-refractivity contribution in [3.63, 3.8) is 0 Å². The summed E-state index contributed by atoms with van der Waals surface area (Å²) in [6.45, 7) is 1.45. The molecule has 8 heteroatoms. The molecule has 0 atom stereocenters. The first-order chi connectivity index (χ1) is 14.5. The molecule has 0 saturated carbocycles. The van der Waals surface area contributed by atoms with Gasteiger partial charge in [-0.3, -0.25) is 14.6 Å². The van der Waals surface area contributed by atoms with Gasteiger partial charge in [-0.25, -0.2) is 4.98 Å². The van der Waals surface area contributed by atoms with Crippen molar-refractivity contribution in [3.8, 4) is 11.1 Å². The van der Waals surface area contributed by atoms with Crippen molar-refractivity contribution in [2.75, 3.05) is 10.6 Å². The Balaban J connectivity index is 1.51. The molecule has 0 aliphatic heterocycles. The molecular weight excluding hydrogens is 420 g/mol. The number of rotatable bonds is 5. The molecule has 2 heterocycles. The van der Waals surface area contributed by atoms with Crippen LogP contribution in [0.2, 0.25) is 5.02 Å². The standard InChI is InChI=1S/C22H17ClN4O2S/c1-13(28)25-22-27-19-7-4-15(10-20(19)30-22)16-9-18(12-24-11-16)26-21(29)8-14-2-5-17(23)6-3-14/h2-7,9-12H,8H2,1H3,(H,26,29)(H,25,27,28). The number of thiazole rings is 1. The van der Waals surface area contributed by atoms with Crippen molar-refractivity contribution in [1.82, 2.24) is 9.97 Å². The quantitative estimate of drug-likeness (QED) is 0.453. The lowest BCUT2D eigenvalue weighted by Crippen LogP contribution is -2.14. The van der Waals surface area contributed by atoms with Gasteiger partial charge < -0.3 is 10.6 Å². The number of nitrogens with zero attached hydrogens (tertiary/aromatic N) is 2. The van der Waals surface area contributed by atoms with Gasteiger partial charge in [0, 0.05) is 23.7 Å². The number of amides is 2. The Labute approximate surface area is 181 Å². The highest BCUT2D eigenvalue weighted by Gasteiger charge is 2.09. The monoisotopic (exact) mass is 436 g/mol. The number of hydrogen-bond acceptors (Lipinski definition) is 5. The molecule has 150 valence electrons. The van der Waals surface area contributed by atoms with Gasteiger partial charge >= 0.3 is 0 Å². The summed E-state index contributed by atoms with van der Waals surface area (Å²) in [6, 6.07) is 14.9. The average molecular weight is 437 g/mol. The van der Waals surface area contributed by atoms with E-state index in [4.69, 9.17) is 11.6 Å². The molecule has 2 aromatic heterocycles. The fourth-order valence-electron chi connectivity index (χ4n) is 2.97. The third-order valence-electron chi connectivity index (χ3n) is 4.30. The van der Waals surface area contributed by atoms with Crippen LogP contribution in [0, 0.1) is 0 Å². The van der Waals surface area contributed by atoms with Crippen molar-refractivity contribution in [3.05, 3.63) is 71.5 Å². The van der Waals surface area contributed by atoms with Crippen LogP contribution < -0.4 is 10.6 Å². The van der Waals surface area contributed by atoms with E-state index in [-0.39, 0.29) is 18.2 Å². The largest absolute Gasteiger partial charge is 0.324 e. The third kappa shape index (κ3) is 4.82. The second-order valence-electron chi connectivity index (χ2n) is 6.70. The van der Waals surface area contributed by atoms with Crippen LogP contribution in [0.15, 0.2) is 60.9 Å². The average Bonchev–Trinajstić information content (AvgIpc) is 3.10.